The van der Waals surface area contributed by atoms with Gasteiger partial charge >= 0.3 is 0 Å². The van der Waals surface area contributed by atoms with Crippen LogP contribution < -0.4 is 0 Å². The predicted octanol–water partition coefficient (Wildman–Crippen LogP) is 3.17. The van der Waals surface area contributed by atoms with Gasteiger partial charge in [0.15, 0.2) is 0 Å². The zero-order chi connectivity index (χ0) is 17.3. The molecule has 128 valence electrons. The fourth-order valence-corrected chi connectivity index (χ4v) is 4.41. The Morgan fingerprint density at radius 3 is 2.42 bits per heavy atom. The van der Waals surface area contributed by atoms with Crippen LogP contribution in [0.2, 0.25) is 0 Å². The third-order valence-electron chi connectivity index (χ3n) is 4.59. The van der Waals surface area contributed by atoms with Crippen LogP contribution in [0.15, 0.2) is 52.3 Å². The maximum absolute atomic E-state index is 14.5. The summed E-state index contributed by atoms with van der Waals surface area (Å²) in [4.78, 5) is 2.22. The van der Waals surface area contributed by atoms with Crippen molar-refractivity contribution in [3.05, 3.63) is 53.8 Å². The number of likely N-dealkylation sites (tertiary alicyclic amines) is 1. The lowest BCUT2D eigenvalue weighted by atomic mass is 9.98. The summed E-state index contributed by atoms with van der Waals surface area (Å²) in [5, 5.41) is 9.28. The SMILES string of the molecule is CCN1CCC(c2ccc(S(=O)(=O)c3ccc(O)cc3)cc2F)C1. The monoisotopic (exact) mass is 349 g/mol. The summed E-state index contributed by atoms with van der Waals surface area (Å²) in [6.07, 6.45) is 0.884. The van der Waals surface area contributed by atoms with E-state index in [1.165, 1.54) is 30.3 Å². The summed E-state index contributed by atoms with van der Waals surface area (Å²) >= 11 is 0. The van der Waals surface area contributed by atoms with Gasteiger partial charge in [-0.05, 0) is 61.5 Å². The first-order chi connectivity index (χ1) is 11.4. The number of halogens is 1. The quantitative estimate of drug-likeness (QED) is 0.921. The van der Waals surface area contributed by atoms with Crippen molar-refractivity contribution in [2.45, 2.75) is 29.1 Å². The molecule has 0 saturated carbocycles. The van der Waals surface area contributed by atoms with Gasteiger partial charge < -0.3 is 10.0 Å². The Morgan fingerprint density at radius 2 is 1.83 bits per heavy atom. The van der Waals surface area contributed by atoms with Crippen LogP contribution in [0.4, 0.5) is 4.39 Å². The summed E-state index contributed by atoms with van der Waals surface area (Å²) in [6.45, 7) is 4.75. The molecule has 1 unspecified atom stereocenters. The third kappa shape index (κ3) is 3.16. The van der Waals surface area contributed by atoms with Crippen LogP contribution in [0.3, 0.4) is 0 Å². The number of hydrogen-bond donors (Lipinski definition) is 1. The number of nitrogens with zero attached hydrogens (tertiary/aromatic N) is 1. The molecular formula is C18H20FNO3S. The first-order valence-corrected chi connectivity index (χ1v) is 9.46. The molecule has 0 radical (unpaired) electrons. The molecule has 0 aromatic heterocycles. The number of phenols is 1. The Balaban J connectivity index is 1.90. The van der Waals surface area contributed by atoms with Gasteiger partial charge in [-0.25, -0.2) is 12.8 Å². The molecule has 4 nitrogen and oxygen atoms in total. The summed E-state index contributed by atoms with van der Waals surface area (Å²) in [7, 11) is -3.80. The summed E-state index contributed by atoms with van der Waals surface area (Å²) < 4.78 is 39.7. The maximum Gasteiger partial charge on any atom is 0.206 e. The van der Waals surface area contributed by atoms with E-state index in [4.69, 9.17) is 0 Å². The number of hydrogen-bond acceptors (Lipinski definition) is 4. The van der Waals surface area contributed by atoms with Crippen molar-refractivity contribution >= 4 is 9.84 Å². The Kier molecular flexibility index (Phi) is 4.60. The second-order valence-electron chi connectivity index (χ2n) is 6.06. The van der Waals surface area contributed by atoms with Crippen molar-refractivity contribution in [1.82, 2.24) is 4.90 Å². The smallest absolute Gasteiger partial charge is 0.206 e. The second-order valence-corrected chi connectivity index (χ2v) is 8.01. The fourth-order valence-electron chi connectivity index (χ4n) is 3.14. The Hall–Kier alpha value is -1.92. The van der Waals surface area contributed by atoms with Crippen LogP contribution in [-0.2, 0) is 9.84 Å². The normalized spacial score (nSPS) is 18.8. The van der Waals surface area contributed by atoms with Crippen molar-refractivity contribution in [1.29, 1.82) is 0 Å². The number of benzene rings is 2. The van der Waals surface area contributed by atoms with Crippen LogP contribution in [0.25, 0.3) is 0 Å². The van der Waals surface area contributed by atoms with E-state index in [2.05, 4.69) is 11.8 Å². The number of sulfone groups is 1. The maximum atomic E-state index is 14.5. The van der Waals surface area contributed by atoms with E-state index >= 15 is 0 Å². The molecule has 2 aromatic rings. The van der Waals surface area contributed by atoms with E-state index in [-0.39, 0.29) is 21.5 Å². The van der Waals surface area contributed by atoms with Gasteiger partial charge in [-0.3, -0.25) is 0 Å². The molecule has 0 bridgehead atoms. The Bertz CT molecular complexity index is 834. The van der Waals surface area contributed by atoms with Crippen LogP contribution in [-0.4, -0.2) is 38.1 Å². The Labute approximate surface area is 141 Å². The number of aromatic hydroxyl groups is 1. The van der Waals surface area contributed by atoms with Crippen molar-refractivity contribution in [2.75, 3.05) is 19.6 Å². The number of likely N-dealkylation sites (N-methyl/N-ethyl adjacent to an activating group) is 1. The van der Waals surface area contributed by atoms with Gasteiger partial charge in [0.25, 0.3) is 0 Å². The van der Waals surface area contributed by atoms with Crippen molar-refractivity contribution in [3.63, 3.8) is 0 Å². The van der Waals surface area contributed by atoms with Gasteiger partial charge in [0.2, 0.25) is 9.84 Å². The van der Waals surface area contributed by atoms with Crippen molar-refractivity contribution < 1.29 is 17.9 Å². The first-order valence-electron chi connectivity index (χ1n) is 7.97. The van der Waals surface area contributed by atoms with Gasteiger partial charge in [-0.1, -0.05) is 13.0 Å². The van der Waals surface area contributed by atoms with Crippen LogP contribution in [0.5, 0.6) is 5.75 Å². The van der Waals surface area contributed by atoms with E-state index in [0.29, 0.717) is 5.56 Å². The van der Waals surface area contributed by atoms with E-state index in [9.17, 15) is 17.9 Å². The lowest BCUT2D eigenvalue weighted by Crippen LogP contribution is -2.19. The Morgan fingerprint density at radius 1 is 1.17 bits per heavy atom. The minimum Gasteiger partial charge on any atom is -0.508 e. The minimum absolute atomic E-state index is 0.0165. The number of rotatable bonds is 4. The predicted molar refractivity (Wildman–Crippen MR) is 89.4 cm³/mol. The summed E-state index contributed by atoms with van der Waals surface area (Å²) in [6, 6.07) is 9.39. The molecule has 1 atom stereocenters. The fraction of sp³-hybridized carbons (Fsp3) is 0.333. The van der Waals surface area contributed by atoms with Crippen LogP contribution in [0, 0.1) is 5.82 Å². The average molecular weight is 349 g/mol. The zero-order valence-electron chi connectivity index (χ0n) is 13.4. The van der Waals surface area contributed by atoms with E-state index in [1.807, 2.05) is 0 Å². The van der Waals surface area contributed by atoms with Crippen molar-refractivity contribution in [3.8, 4) is 5.75 Å². The molecule has 0 spiro atoms. The molecule has 1 aliphatic rings. The average Bonchev–Trinajstić information content (AvgIpc) is 3.04. The van der Waals surface area contributed by atoms with E-state index in [0.717, 1.165) is 32.1 Å². The molecule has 1 heterocycles. The lowest BCUT2D eigenvalue weighted by Gasteiger charge is -2.15. The molecule has 0 amide bonds. The van der Waals surface area contributed by atoms with Crippen LogP contribution >= 0.6 is 0 Å². The molecule has 2 aromatic carbocycles. The number of phenolic OH excluding ortho intramolecular Hbond substituents is 1. The molecule has 1 N–H and O–H groups in total. The van der Waals surface area contributed by atoms with Crippen LogP contribution in [0.1, 0.15) is 24.8 Å². The lowest BCUT2D eigenvalue weighted by molar-refractivity contribution is 0.353. The minimum atomic E-state index is -3.80. The molecule has 1 aliphatic heterocycles. The zero-order valence-corrected chi connectivity index (χ0v) is 14.3. The standard InChI is InChI=1S/C18H20FNO3S/c1-2-20-10-9-13(12-20)17-8-7-16(11-18(17)19)24(22,23)15-5-3-14(21)4-6-15/h3-8,11,13,21H,2,9-10,12H2,1H3. The molecule has 24 heavy (non-hydrogen) atoms. The van der Waals surface area contributed by atoms with Gasteiger partial charge in [-0.2, -0.15) is 0 Å². The molecule has 1 fully saturated rings. The van der Waals surface area contributed by atoms with E-state index in [1.54, 1.807) is 6.07 Å². The topological polar surface area (TPSA) is 57.6 Å². The second kappa shape index (κ2) is 6.53. The highest BCUT2D eigenvalue weighted by atomic mass is 32.2. The summed E-state index contributed by atoms with van der Waals surface area (Å²) in [5.41, 5.74) is 0.579. The highest BCUT2D eigenvalue weighted by Crippen LogP contribution is 2.31. The van der Waals surface area contributed by atoms with E-state index < -0.39 is 15.7 Å². The molecule has 3 rings (SSSR count). The molecule has 6 heteroatoms. The summed E-state index contributed by atoms with van der Waals surface area (Å²) in [5.74, 6) is -0.384. The highest BCUT2D eigenvalue weighted by Gasteiger charge is 2.26. The first kappa shape index (κ1) is 16.9. The molecule has 0 aliphatic carbocycles. The largest absolute Gasteiger partial charge is 0.508 e. The van der Waals surface area contributed by atoms with Gasteiger partial charge in [0.05, 0.1) is 9.79 Å². The third-order valence-corrected chi connectivity index (χ3v) is 6.36. The van der Waals surface area contributed by atoms with Gasteiger partial charge in [-0.15, -0.1) is 0 Å². The van der Waals surface area contributed by atoms with Gasteiger partial charge in [0.1, 0.15) is 11.6 Å². The van der Waals surface area contributed by atoms with Gasteiger partial charge in [0, 0.05) is 12.5 Å². The van der Waals surface area contributed by atoms with Crippen molar-refractivity contribution in [2.24, 2.45) is 0 Å². The molecular weight excluding hydrogens is 329 g/mol. The highest BCUT2D eigenvalue weighted by molar-refractivity contribution is 7.91. The molecule has 1 saturated heterocycles.